The average molecular weight is 303 g/mol. The second-order valence-electron chi connectivity index (χ2n) is 5.12. The molecule has 116 valence electrons. The van der Waals surface area contributed by atoms with Crippen LogP contribution < -0.4 is 4.90 Å². The molecule has 1 aliphatic heterocycles. The topological polar surface area (TPSA) is 66.3 Å². The largest absolute Gasteiger partial charge is 0.480 e. The Morgan fingerprint density at radius 2 is 2.14 bits per heavy atom. The van der Waals surface area contributed by atoms with Crippen molar-refractivity contribution in [2.75, 3.05) is 11.4 Å². The van der Waals surface area contributed by atoms with Crippen LogP contribution >= 0.6 is 0 Å². The predicted octanol–water partition coefficient (Wildman–Crippen LogP) is 2.58. The standard InChI is InChI=1S/C13H16F3N3O2/c1-2-8-5-6-19(9(7-8)12(20)21)11-4-3-10(17-18-11)13(14,15)16/h3-4,8-9H,2,5-7H2,1H3,(H,20,21). The number of piperidine rings is 1. The van der Waals surface area contributed by atoms with Crippen LogP contribution in [0, 0.1) is 5.92 Å². The molecule has 2 rings (SSSR count). The number of rotatable bonds is 3. The van der Waals surface area contributed by atoms with Gasteiger partial charge in [0.2, 0.25) is 0 Å². The van der Waals surface area contributed by atoms with E-state index in [9.17, 15) is 23.1 Å². The molecule has 0 aliphatic carbocycles. The van der Waals surface area contributed by atoms with Crippen LogP contribution in [0.2, 0.25) is 0 Å². The smallest absolute Gasteiger partial charge is 0.435 e. The summed E-state index contributed by atoms with van der Waals surface area (Å²) < 4.78 is 37.4. The highest BCUT2D eigenvalue weighted by Crippen LogP contribution is 2.31. The van der Waals surface area contributed by atoms with Crippen molar-refractivity contribution in [1.29, 1.82) is 0 Å². The van der Waals surface area contributed by atoms with Crippen LogP contribution in [-0.2, 0) is 11.0 Å². The number of halogens is 3. The van der Waals surface area contributed by atoms with Gasteiger partial charge in [-0.15, -0.1) is 10.2 Å². The van der Waals surface area contributed by atoms with Crippen molar-refractivity contribution in [2.24, 2.45) is 5.92 Å². The van der Waals surface area contributed by atoms with Crippen molar-refractivity contribution >= 4 is 11.8 Å². The first-order valence-electron chi connectivity index (χ1n) is 6.73. The Hall–Kier alpha value is -1.86. The normalized spacial score (nSPS) is 23.1. The highest BCUT2D eigenvalue weighted by Gasteiger charge is 2.36. The van der Waals surface area contributed by atoms with E-state index in [-0.39, 0.29) is 5.82 Å². The van der Waals surface area contributed by atoms with Crippen LogP contribution in [0.5, 0.6) is 0 Å². The first kappa shape index (κ1) is 15.5. The SMILES string of the molecule is CCC1CCN(c2ccc(C(F)(F)F)nn2)C(C(=O)O)C1. The predicted molar refractivity (Wildman–Crippen MR) is 68.8 cm³/mol. The molecule has 1 aromatic heterocycles. The zero-order valence-electron chi connectivity index (χ0n) is 11.5. The summed E-state index contributed by atoms with van der Waals surface area (Å²) in [7, 11) is 0. The van der Waals surface area contributed by atoms with Gasteiger partial charge in [0.1, 0.15) is 6.04 Å². The molecular weight excluding hydrogens is 287 g/mol. The number of aromatic nitrogens is 2. The van der Waals surface area contributed by atoms with Crippen LogP contribution in [0.4, 0.5) is 19.0 Å². The van der Waals surface area contributed by atoms with Gasteiger partial charge in [-0.3, -0.25) is 0 Å². The van der Waals surface area contributed by atoms with Crippen LogP contribution in [-0.4, -0.2) is 33.9 Å². The highest BCUT2D eigenvalue weighted by molar-refractivity contribution is 5.78. The fraction of sp³-hybridized carbons (Fsp3) is 0.615. The highest BCUT2D eigenvalue weighted by atomic mass is 19.4. The number of hydrogen-bond donors (Lipinski definition) is 1. The second-order valence-corrected chi connectivity index (χ2v) is 5.12. The molecule has 2 heterocycles. The number of carboxylic acids is 1. The van der Waals surface area contributed by atoms with E-state index in [2.05, 4.69) is 10.2 Å². The van der Waals surface area contributed by atoms with Gasteiger partial charge in [0.25, 0.3) is 0 Å². The lowest BCUT2D eigenvalue weighted by Gasteiger charge is -2.37. The van der Waals surface area contributed by atoms with E-state index >= 15 is 0 Å². The van der Waals surface area contributed by atoms with Crippen LogP contribution in [0.15, 0.2) is 12.1 Å². The molecule has 0 aromatic carbocycles. The molecule has 1 saturated heterocycles. The minimum Gasteiger partial charge on any atom is -0.480 e. The van der Waals surface area contributed by atoms with E-state index in [1.165, 1.54) is 11.0 Å². The molecule has 2 atom stereocenters. The van der Waals surface area contributed by atoms with Gasteiger partial charge < -0.3 is 10.0 Å². The lowest BCUT2D eigenvalue weighted by molar-refractivity contribution is -0.142. The minimum absolute atomic E-state index is 0.171. The summed E-state index contributed by atoms with van der Waals surface area (Å²) in [6.45, 7) is 2.45. The van der Waals surface area contributed by atoms with E-state index in [1.54, 1.807) is 0 Å². The number of carbonyl (C=O) groups is 1. The molecule has 1 aliphatic rings. The Morgan fingerprint density at radius 3 is 2.62 bits per heavy atom. The minimum atomic E-state index is -4.55. The third kappa shape index (κ3) is 3.43. The fourth-order valence-corrected chi connectivity index (χ4v) is 2.55. The summed E-state index contributed by atoms with van der Waals surface area (Å²) in [5, 5.41) is 16.0. The summed E-state index contributed by atoms with van der Waals surface area (Å²) >= 11 is 0. The molecule has 0 amide bonds. The molecule has 0 bridgehead atoms. The van der Waals surface area contributed by atoms with E-state index in [0.717, 1.165) is 18.9 Å². The van der Waals surface area contributed by atoms with Gasteiger partial charge in [-0.05, 0) is 30.9 Å². The van der Waals surface area contributed by atoms with Gasteiger partial charge >= 0.3 is 12.1 Å². The third-order valence-corrected chi connectivity index (χ3v) is 3.81. The summed E-state index contributed by atoms with van der Waals surface area (Å²) in [5.74, 6) is -0.510. The Bertz CT molecular complexity index is 504. The van der Waals surface area contributed by atoms with Gasteiger partial charge in [-0.2, -0.15) is 13.2 Å². The Labute approximate surface area is 119 Å². The molecular formula is C13H16F3N3O2. The Kier molecular flexibility index (Phi) is 4.34. The monoisotopic (exact) mass is 303 g/mol. The Morgan fingerprint density at radius 1 is 1.43 bits per heavy atom. The van der Waals surface area contributed by atoms with Gasteiger partial charge in [0, 0.05) is 6.54 Å². The van der Waals surface area contributed by atoms with E-state index in [1.807, 2.05) is 6.92 Å². The number of anilines is 1. The van der Waals surface area contributed by atoms with Crippen molar-refractivity contribution in [2.45, 2.75) is 38.4 Å². The molecule has 0 saturated carbocycles. The van der Waals surface area contributed by atoms with Crippen molar-refractivity contribution in [3.05, 3.63) is 17.8 Å². The zero-order valence-corrected chi connectivity index (χ0v) is 11.5. The van der Waals surface area contributed by atoms with Crippen molar-refractivity contribution in [3.8, 4) is 0 Å². The fourth-order valence-electron chi connectivity index (χ4n) is 2.55. The van der Waals surface area contributed by atoms with Gasteiger partial charge in [-0.1, -0.05) is 13.3 Å². The van der Waals surface area contributed by atoms with E-state index < -0.39 is 23.9 Å². The van der Waals surface area contributed by atoms with Crippen LogP contribution in [0.1, 0.15) is 31.9 Å². The number of alkyl halides is 3. The van der Waals surface area contributed by atoms with Gasteiger partial charge in [0.05, 0.1) is 0 Å². The quantitative estimate of drug-likeness (QED) is 0.929. The molecule has 1 aromatic rings. The lowest BCUT2D eigenvalue weighted by Crippen LogP contribution is -2.47. The average Bonchev–Trinajstić information content (AvgIpc) is 2.45. The summed E-state index contributed by atoms with van der Waals surface area (Å²) in [4.78, 5) is 12.9. The number of carboxylic acid groups (broad SMARTS) is 1. The maximum atomic E-state index is 12.5. The molecule has 0 spiro atoms. The molecule has 0 radical (unpaired) electrons. The molecule has 1 fully saturated rings. The summed E-state index contributed by atoms with van der Waals surface area (Å²) in [6.07, 6.45) is -2.40. The Balaban J connectivity index is 2.21. The zero-order chi connectivity index (χ0) is 15.6. The van der Waals surface area contributed by atoms with Crippen LogP contribution in [0.25, 0.3) is 0 Å². The molecule has 1 N–H and O–H groups in total. The molecule has 8 heteroatoms. The first-order valence-corrected chi connectivity index (χ1v) is 6.73. The second kappa shape index (κ2) is 5.87. The maximum absolute atomic E-state index is 12.5. The molecule has 2 unspecified atom stereocenters. The third-order valence-electron chi connectivity index (χ3n) is 3.81. The van der Waals surface area contributed by atoms with Crippen LogP contribution in [0.3, 0.4) is 0 Å². The number of nitrogens with zero attached hydrogens (tertiary/aromatic N) is 3. The van der Waals surface area contributed by atoms with Gasteiger partial charge in [-0.25, -0.2) is 4.79 Å². The molecule has 5 nitrogen and oxygen atoms in total. The number of aliphatic carboxylic acids is 1. The summed E-state index contributed by atoms with van der Waals surface area (Å²) in [5.41, 5.74) is -1.08. The number of hydrogen-bond acceptors (Lipinski definition) is 4. The van der Waals surface area contributed by atoms with Crippen molar-refractivity contribution in [1.82, 2.24) is 10.2 Å². The van der Waals surface area contributed by atoms with Gasteiger partial charge in [0.15, 0.2) is 11.5 Å². The summed E-state index contributed by atoms with van der Waals surface area (Å²) in [6, 6.07) is 1.24. The maximum Gasteiger partial charge on any atom is 0.435 e. The first-order chi connectivity index (χ1) is 9.82. The van der Waals surface area contributed by atoms with Crippen molar-refractivity contribution in [3.63, 3.8) is 0 Å². The van der Waals surface area contributed by atoms with Crippen molar-refractivity contribution < 1.29 is 23.1 Å². The van der Waals surface area contributed by atoms with E-state index in [0.29, 0.717) is 18.9 Å². The lowest BCUT2D eigenvalue weighted by atomic mass is 9.89. The van der Waals surface area contributed by atoms with E-state index in [4.69, 9.17) is 0 Å². The molecule has 21 heavy (non-hydrogen) atoms.